The quantitative estimate of drug-likeness (QED) is 0.147. The van der Waals surface area contributed by atoms with Gasteiger partial charge in [0, 0.05) is 23.6 Å². The van der Waals surface area contributed by atoms with Crippen molar-refractivity contribution in [1.82, 2.24) is 5.32 Å². The van der Waals surface area contributed by atoms with Crippen molar-refractivity contribution in [3.8, 4) is 5.75 Å². The van der Waals surface area contributed by atoms with Crippen molar-refractivity contribution >= 4 is 17.7 Å². The molecule has 0 saturated heterocycles. The number of benzene rings is 1. The zero-order chi connectivity index (χ0) is 22.4. The Hall–Kier alpha value is -1.16. The van der Waals surface area contributed by atoms with Gasteiger partial charge in [-0.1, -0.05) is 103 Å². The summed E-state index contributed by atoms with van der Waals surface area (Å²) >= 11 is 1.65. The number of hydrogen-bond acceptors (Lipinski definition) is 3. The lowest BCUT2D eigenvalue weighted by atomic mass is 10.0. The van der Waals surface area contributed by atoms with E-state index in [9.17, 15) is 9.90 Å². The summed E-state index contributed by atoms with van der Waals surface area (Å²) in [5.74, 6) is 1.20. The van der Waals surface area contributed by atoms with Gasteiger partial charge in [0.1, 0.15) is 5.75 Å². The summed E-state index contributed by atoms with van der Waals surface area (Å²) in [6.45, 7) is 3.09. The van der Waals surface area contributed by atoms with E-state index >= 15 is 0 Å². The monoisotopic (exact) mass is 449 g/mol. The van der Waals surface area contributed by atoms with Gasteiger partial charge in [-0.3, -0.25) is 4.79 Å². The molecule has 0 heterocycles. The fraction of sp³-hybridized carbons (Fsp3) is 0.741. The van der Waals surface area contributed by atoms with Crippen LogP contribution in [0.1, 0.15) is 116 Å². The van der Waals surface area contributed by atoms with Crippen molar-refractivity contribution in [3.63, 3.8) is 0 Å². The molecule has 0 unspecified atom stereocenters. The van der Waals surface area contributed by atoms with Crippen LogP contribution in [0.5, 0.6) is 5.75 Å². The fourth-order valence-corrected chi connectivity index (χ4v) is 4.64. The standard InChI is InChI=1S/C27H47NO2S/c1-2-3-4-5-6-7-8-9-10-11-12-13-14-15-16-17-23-28-27(30)22-24-31-26-20-18-25(29)19-21-26/h18-21,29H,2-17,22-24H2,1H3,(H,28,30). The molecule has 0 aliphatic carbocycles. The molecule has 178 valence electrons. The lowest BCUT2D eigenvalue weighted by Crippen LogP contribution is -2.24. The SMILES string of the molecule is CCCCCCCCCCCCCCCCCCNC(=O)CCSc1ccc(O)cc1. The second-order valence-electron chi connectivity index (χ2n) is 8.75. The minimum atomic E-state index is 0.146. The van der Waals surface area contributed by atoms with Crippen LogP contribution < -0.4 is 5.32 Å². The molecule has 0 fully saturated rings. The summed E-state index contributed by atoms with van der Waals surface area (Å²) < 4.78 is 0. The van der Waals surface area contributed by atoms with Gasteiger partial charge in [0.2, 0.25) is 5.91 Å². The molecule has 1 amide bonds. The maximum absolute atomic E-state index is 11.9. The van der Waals surface area contributed by atoms with Crippen LogP contribution in [0.4, 0.5) is 0 Å². The number of phenols is 1. The third-order valence-electron chi connectivity index (χ3n) is 5.79. The van der Waals surface area contributed by atoms with Crippen LogP contribution in [0, 0.1) is 0 Å². The molecular formula is C27H47NO2S. The van der Waals surface area contributed by atoms with E-state index < -0.39 is 0 Å². The van der Waals surface area contributed by atoms with Gasteiger partial charge in [-0.25, -0.2) is 0 Å². The van der Waals surface area contributed by atoms with Crippen LogP contribution in [0.3, 0.4) is 0 Å². The number of amides is 1. The van der Waals surface area contributed by atoms with Crippen LogP contribution in [-0.2, 0) is 4.79 Å². The third-order valence-corrected chi connectivity index (χ3v) is 6.80. The molecule has 0 aliphatic heterocycles. The molecule has 31 heavy (non-hydrogen) atoms. The molecule has 0 bridgehead atoms. The van der Waals surface area contributed by atoms with E-state index in [4.69, 9.17) is 0 Å². The fourth-order valence-electron chi connectivity index (χ4n) is 3.79. The van der Waals surface area contributed by atoms with E-state index in [1.165, 1.54) is 96.3 Å². The van der Waals surface area contributed by atoms with E-state index in [0.29, 0.717) is 6.42 Å². The Morgan fingerprint density at radius 2 is 1.19 bits per heavy atom. The first-order valence-corrected chi connectivity index (χ1v) is 13.9. The number of phenolic OH excluding ortho intramolecular Hbond substituents is 1. The Balaban J connectivity index is 1.76. The number of carbonyl (C=O) groups excluding carboxylic acids is 1. The number of hydrogen-bond donors (Lipinski definition) is 2. The van der Waals surface area contributed by atoms with Gasteiger partial charge in [0.25, 0.3) is 0 Å². The van der Waals surface area contributed by atoms with Crippen molar-refractivity contribution in [1.29, 1.82) is 0 Å². The van der Waals surface area contributed by atoms with E-state index in [-0.39, 0.29) is 11.7 Å². The molecule has 4 heteroatoms. The lowest BCUT2D eigenvalue weighted by Gasteiger charge is -2.06. The summed E-state index contributed by atoms with van der Waals surface area (Å²) in [4.78, 5) is 13.0. The van der Waals surface area contributed by atoms with E-state index in [1.807, 2.05) is 12.1 Å². The molecule has 1 aromatic carbocycles. The molecule has 0 aromatic heterocycles. The van der Waals surface area contributed by atoms with Gasteiger partial charge >= 0.3 is 0 Å². The first-order chi connectivity index (χ1) is 15.2. The molecular weight excluding hydrogens is 402 g/mol. The molecule has 1 aromatic rings. The molecule has 0 saturated carbocycles. The molecule has 0 aliphatic rings. The molecule has 0 atom stereocenters. The van der Waals surface area contributed by atoms with Gasteiger partial charge < -0.3 is 10.4 Å². The minimum absolute atomic E-state index is 0.146. The summed E-state index contributed by atoms with van der Waals surface area (Å²) in [6, 6.07) is 7.13. The van der Waals surface area contributed by atoms with Crippen molar-refractivity contribution in [3.05, 3.63) is 24.3 Å². The van der Waals surface area contributed by atoms with Crippen LogP contribution >= 0.6 is 11.8 Å². The summed E-state index contributed by atoms with van der Waals surface area (Å²) in [5, 5.41) is 12.3. The number of nitrogens with one attached hydrogen (secondary N) is 1. The second kappa shape index (κ2) is 20.7. The number of aromatic hydroxyl groups is 1. The van der Waals surface area contributed by atoms with Gasteiger partial charge in [-0.15, -0.1) is 11.8 Å². The number of carbonyl (C=O) groups is 1. The van der Waals surface area contributed by atoms with E-state index in [0.717, 1.165) is 23.6 Å². The van der Waals surface area contributed by atoms with Crippen molar-refractivity contribution < 1.29 is 9.90 Å². The highest BCUT2D eigenvalue weighted by atomic mass is 32.2. The molecule has 0 spiro atoms. The molecule has 0 radical (unpaired) electrons. The number of unbranched alkanes of at least 4 members (excludes halogenated alkanes) is 15. The summed E-state index contributed by atoms with van der Waals surface area (Å²) in [7, 11) is 0. The van der Waals surface area contributed by atoms with Gasteiger partial charge in [0.05, 0.1) is 0 Å². The Morgan fingerprint density at radius 3 is 1.68 bits per heavy atom. The Bertz CT molecular complexity index is 533. The minimum Gasteiger partial charge on any atom is -0.508 e. The highest BCUT2D eigenvalue weighted by molar-refractivity contribution is 7.99. The average Bonchev–Trinajstić information content (AvgIpc) is 2.77. The van der Waals surface area contributed by atoms with Crippen LogP contribution in [-0.4, -0.2) is 23.3 Å². The smallest absolute Gasteiger partial charge is 0.220 e. The lowest BCUT2D eigenvalue weighted by molar-refractivity contribution is -0.120. The maximum atomic E-state index is 11.9. The predicted molar refractivity (Wildman–Crippen MR) is 136 cm³/mol. The molecule has 3 nitrogen and oxygen atoms in total. The summed E-state index contributed by atoms with van der Waals surface area (Å²) in [6.07, 6.45) is 22.5. The Morgan fingerprint density at radius 1 is 0.742 bits per heavy atom. The predicted octanol–water partition coefficient (Wildman–Crippen LogP) is 8.25. The van der Waals surface area contributed by atoms with Crippen LogP contribution in [0.15, 0.2) is 29.2 Å². The number of thioether (sulfide) groups is 1. The molecule has 2 N–H and O–H groups in total. The topological polar surface area (TPSA) is 49.3 Å². The Kier molecular flexibility index (Phi) is 18.6. The highest BCUT2D eigenvalue weighted by Crippen LogP contribution is 2.21. The first-order valence-electron chi connectivity index (χ1n) is 12.9. The zero-order valence-electron chi connectivity index (χ0n) is 20.0. The molecule has 1 rings (SSSR count). The van der Waals surface area contributed by atoms with Crippen LogP contribution in [0.25, 0.3) is 0 Å². The number of rotatable bonds is 21. The van der Waals surface area contributed by atoms with Gasteiger partial charge in [0.15, 0.2) is 0 Å². The normalized spacial score (nSPS) is 11.0. The van der Waals surface area contributed by atoms with Gasteiger partial charge in [-0.05, 0) is 30.7 Å². The average molecular weight is 450 g/mol. The summed E-state index contributed by atoms with van der Waals surface area (Å²) in [5.41, 5.74) is 0. The second-order valence-corrected chi connectivity index (χ2v) is 9.91. The van der Waals surface area contributed by atoms with Crippen molar-refractivity contribution in [2.45, 2.75) is 121 Å². The highest BCUT2D eigenvalue weighted by Gasteiger charge is 2.02. The van der Waals surface area contributed by atoms with Crippen LogP contribution in [0.2, 0.25) is 0 Å². The maximum Gasteiger partial charge on any atom is 0.220 e. The Labute approximate surface area is 196 Å². The third kappa shape index (κ3) is 18.1. The first kappa shape index (κ1) is 27.9. The zero-order valence-corrected chi connectivity index (χ0v) is 20.8. The largest absolute Gasteiger partial charge is 0.508 e. The van der Waals surface area contributed by atoms with Crippen molar-refractivity contribution in [2.75, 3.05) is 12.3 Å². The van der Waals surface area contributed by atoms with E-state index in [1.54, 1.807) is 23.9 Å². The van der Waals surface area contributed by atoms with Gasteiger partial charge in [-0.2, -0.15) is 0 Å². The van der Waals surface area contributed by atoms with E-state index in [2.05, 4.69) is 12.2 Å². The van der Waals surface area contributed by atoms with Crippen molar-refractivity contribution in [2.24, 2.45) is 0 Å².